The molecule has 0 heterocycles. The summed E-state index contributed by atoms with van der Waals surface area (Å²) >= 11 is 5.16. The van der Waals surface area contributed by atoms with Gasteiger partial charge in [0.1, 0.15) is 22.2 Å². The Kier molecular flexibility index (Phi) is 4.11. The van der Waals surface area contributed by atoms with Crippen LogP contribution < -0.4 is 0 Å². The van der Waals surface area contributed by atoms with Crippen LogP contribution in [-0.4, -0.2) is 18.4 Å². The molecule has 0 spiro atoms. The molecule has 3 nitrogen and oxygen atoms in total. The lowest BCUT2D eigenvalue weighted by molar-refractivity contribution is -0.137. The van der Waals surface area contributed by atoms with Gasteiger partial charge in [0.25, 0.3) is 5.78 Å². The summed E-state index contributed by atoms with van der Waals surface area (Å²) in [6, 6.07) is 0.220. The minimum Gasteiger partial charge on any atom is -0.460 e. The van der Waals surface area contributed by atoms with E-state index in [9.17, 15) is 22.8 Å². The van der Waals surface area contributed by atoms with E-state index in [1.54, 1.807) is 0 Å². The number of carbonyl (C=O) groups excluding carboxylic acids is 2. The maximum Gasteiger partial charge on any atom is 0.379 e. The van der Waals surface area contributed by atoms with E-state index in [4.69, 9.17) is 11.6 Å². The van der Waals surface area contributed by atoms with Crippen LogP contribution in [0.15, 0.2) is 6.07 Å². The lowest BCUT2D eigenvalue weighted by Crippen LogP contribution is -2.20. The van der Waals surface area contributed by atoms with Crippen LogP contribution in [0.2, 0.25) is 5.02 Å². The Hall–Kier alpha value is -1.56. The maximum absolute atomic E-state index is 13.3. The molecule has 0 aliphatic carbocycles. The average molecular weight is 267 g/mol. The lowest BCUT2D eigenvalue weighted by atomic mass is 10.1. The zero-order valence-electron chi connectivity index (χ0n) is 8.52. The zero-order chi connectivity index (χ0) is 13.2. The summed E-state index contributed by atoms with van der Waals surface area (Å²) in [6.07, 6.45) is 0. The standard InChI is InChI=1S/C10H6ClF3O3/c1-2-17-10(16)9(15)6-4(12)3-5(13)7(11)8(6)14/h3H,2H2,1H3. The lowest BCUT2D eigenvalue weighted by Gasteiger charge is -2.05. The fourth-order valence-electron chi connectivity index (χ4n) is 1.07. The van der Waals surface area contributed by atoms with Gasteiger partial charge in [-0.25, -0.2) is 18.0 Å². The van der Waals surface area contributed by atoms with Crippen LogP contribution in [-0.2, 0) is 9.53 Å². The van der Waals surface area contributed by atoms with Gasteiger partial charge >= 0.3 is 5.97 Å². The first kappa shape index (κ1) is 13.5. The van der Waals surface area contributed by atoms with E-state index in [1.807, 2.05) is 0 Å². The van der Waals surface area contributed by atoms with Crippen LogP contribution in [0.4, 0.5) is 13.2 Å². The second kappa shape index (κ2) is 5.18. The maximum atomic E-state index is 13.3. The van der Waals surface area contributed by atoms with Gasteiger partial charge in [-0.05, 0) is 6.92 Å². The summed E-state index contributed by atoms with van der Waals surface area (Å²) in [4.78, 5) is 22.3. The molecule has 0 saturated heterocycles. The molecule has 1 rings (SSSR count). The van der Waals surface area contributed by atoms with Crippen molar-refractivity contribution in [2.24, 2.45) is 0 Å². The predicted octanol–water partition coefficient (Wildman–Crippen LogP) is 2.50. The summed E-state index contributed by atoms with van der Waals surface area (Å²) in [6.45, 7) is 1.28. The second-order valence-corrected chi connectivity index (χ2v) is 3.27. The van der Waals surface area contributed by atoms with E-state index >= 15 is 0 Å². The van der Waals surface area contributed by atoms with Crippen LogP contribution in [0, 0.1) is 17.5 Å². The van der Waals surface area contributed by atoms with Gasteiger partial charge in [-0.2, -0.15) is 0 Å². The van der Waals surface area contributed by atoms with Crippen molar-refractivity contribution in [3.05, 3.63) is 34.1 Å². The molecule has 0 unspecified atom stereocenters. The van der Waals surface area contributed by atoms with Gasteiger partial charge in [0, 0.05) is 6.07 Å². The Morgan fingerprint density at radius 1 is 1.29 bits per heavy atom. The molecule has 1 aromatic rings. The Balaban J connectivity index is 3.28. The molecule has 0 fully saturated rings. The molecule has 0 aliphatic rings. The third kappa shape index (κ3) is 2.58. The minimum atomic E-state index is -1.62. The van der Waals surface area contributed by atoms with Gasteiger partial charge in [-0.1, -0.05) is 11.6 Å². The van der Waals surface area contributed by atoms with Crippen LogP contribution in [0.25, 0.3) is 0 Å². The number of ketones is 1. The van der Waals surface area contributed by atoms with Gasteiger partial charge in [-0.15, -0.1) is 0 Å². The third-order valence-electron chi connectivity index (χ3n) is 1.80. The highest BCUT2D eigenvalue weighted by Gasteiger charge is 2.28. The van der Waals surface area contributed by atoms with Crippen LogP contribution >= 0.6 is 11.6 Å². The van der Waals surface area contributed by atoms with E-state index in [0.29, 0.717) is 0 Å². The first-order valence-electron chi connectivity index (χ1n) is 4.44. The highest BCUT2D eigenvalue weighted by atomic mass is 35.5. The quantitative estimate of drug-likeness (QED) is 0.278. The molecule has 1 aromatic carbocycles. The van der Waals surface area contributed by atoms with Crippen molar-refractivity contribution < 1.29 is 27.5 Å². The third-order valence-corrected chi connectivity index (χ3v) is 2.15. The van der Waals surface area contributed by atoms with Crippen molar-refractivity contribution in [1.29, 1.82) is 0 Å². The molecule has 0 radical (unpaired) electrons. The molecule has 17 heavy (non-hydrogen) atoms. The van der Waals surface area contributed by atoms with Crippen molar-refractivity contribution in [2.75, 3.05) is 6.61 Å². The molecular formula is C10H6ClF3O3. The first-order valence-corrected chi connectivity index (χ1v) is 4.82. The summed E-state index contributed by atoms with van der Waals surface area (Å²) in [5.74, 6) is -7.48. The minimum absolute atomic E-state index is 0.136. The molecular weight excluding hydrogens is 261 g/mol. The number of halogens is 4. The summed E-state index contributed by atoms with van der Waals surface area (Å²) in [5, 5.41) is -1.06. The van der Waals surface area contributed by atoms with Gasteiger partial charge in [0.15, 0.2) is 5.82 Å². The van der Waals surface area contributed by atoms with E-state index in [2.05, 4.69) is 4.74 Å². The van der Waals surface area contributed by atoms with Gasteiger partial charge in [0.05, 0.1) is 6.61 Å². The number of hydrogen-bond acceptors (Lipinski definition) is 3. The fraction of sp³-hybridized carbons (Fsp3) is 0.200. The Morgan fingerprint density at radius 3 is 2.41 bits per heavy atom. The van der Waals surface area contributed by atoms with Crippen LogP contribution in [0.1, 0.15) is 17.3 Å². The topological polar surface area (TPSA) is 43.4 Å². The molecule has 0 aromatic heterocycles. The van der Waals surface area contributed by atoms with E-state index in [-0.39, 0.29) is 12.7 Å². The monoisotopic (exact) mass is 266 g/mol. The van der Waals surface area contributed by atoms with Crippen molar-refractivity contribution in [1.82, 2.24) is 0 Å². The van der Waals surface area contributed by atoms with Crippen molar-refractivity contribution in [3.63, 3.8) is 0 Å². The van der Waals surface area contributed by atoms with Crippen LogP contribution in [0.5, 0.6) is 0 Å². The van der Waals surface area contributed by atoms with Crippen molar-refractivity contribution in [2.45, 2.75) is 6.92 Å². The highest BCUT2D eigenvalue weighted by Crippen LogP contribution is 2.25. The largest absolute Gasteiger partial charge is 0.460 e. The molecule has 0 aliphatic heterocycles. The van der Waals surface area contributed by atoms with Crippen molar-refractivity contribution >= 4 is 23.4 Å². The van der Waals surface area contributed by atoms with Crippen LogP contribution in [0.3, 0.4) is 0 Å². The molecule has 0 saturated carbocycles. The van der Waals surface area contributed by atoms with Gasteiger partial charge in [-0.3, -0.25) is 4.79 Å². The molecule has 7 heteroatoms. The molecule has 0 atom stereocenters. The van der Waals surface area contributed by atoms with E-state index < -0.39 is 39.8 Å². The average Bonchev–Trinajstić information content (AvgIpc) is 2.26. The number of carbonyl (C=O) groups is 2. The SMILES string of the molecule is CCOC(=O)C(=O)c1c(F)cc(F)c(Cl)c1F. The molecule has 0 N–H and O–H groups in total. The number of rotatable bonds is 3. The Bertz CT molecular complexity index is 488. The highest BCUT2D eigenvalue weighted by molar-refractivity contribution is 6.41. The van der Waals surface area contributed by atoms with Gasteiger partial charge in [0.2, 0.25) is 0 Å². The van der Waals surface area contributed by atoms with E-state index in [1.165, 1.54) is 6.92 Å². The fourth-order valence-corrected chi connectivity index (χ4v) is 1.22. The predicted molar refractivity (Wildman–Crippen MR) is 52.3 cm³/mol. The van der Waals surface area contributed by atoms with Gasteiger partial charge < -0.3 is 4.74 Å². The Morgan fingerprint density at radius 2 is 1.88 bits per heavy atom. The number of Topliss-reactive ketones (excluding diaryl/α,β-unsaturated/α-hetero) is 1. The molecule has 0 amide bonds. The number of benzene rings is 1. The molecule has 92 valence electrons. The van der Waals surface area contributed by atoms with E-state index in [0.717, 1.165) is 0 Å². The second-order valence-electron chi connectivity index (χ2n) is 2.89. The number of esters is 1. The first-order chi connectivity index (χ1) is 7.90. The number of ether oxygens (including phenoxy) is 1. The smallest absolute Gasteiger partial charge is 0.379 e. The Labute approximate surface area is 99.1 Å². The number of hydrogen-bond donors (Lipinski definition) is 0. The summed E-state index contributed by atoms with van der Waals surface area (Å²) in [5.41, 5.74) is -1.23. The normalized spacial score (nSPS) is 10.2. The summed E-state index contributed by atoms with van der Waals surface area (Å²) < 4.78 is 43.6. The van der Waals surface area contributed by atoms with Crippen molar-refractivity contribution in [3.8, 4) is 0 Å². The summed E-state index contributed by atoms with van der Waals surface area (Å²) in [7, 11) is 0. The molecule has 0 bridgehead atoms. The zero-order valence-corrected chi connectivity index (χ0v) is 9.28.